The van der Waals surface area contributed by atoms with Crippen molar-refractivity contribution in [2.75, 3.05) is 18.4 Å². The zero-order valence-corrected chi connectivity index (χ0v) is 17.3. The van der Waals surface area contributed by atoms with Gasteiger partial charge in [0.25, 0.3) is 0 Å². The van der Waals surface area contributed by atoms with E-state index < -0.39 is 45.1 Å². The fourth-order valence-electron chi connectivity index (χ4n) is 3.39. The monoisotopic (exact) mass is 478 g/mol. The fourth-order valence-corrected chi connectivity index (χ4v) is 5.07. The van der Waals surface area contributed by atoms with Crippen molar-refractivity contribution < 1.29 is 39.9 Å². The van der Waals surface area contributed by atoms with E-state index in [0.717, 1.165) is 16.4 Å². The molecule has 1 saturated heterocycles. The van der Waals surface area contributed by atoms with Gasteiger partial charge in [0.05, 0.1) is 10.5 Å². The van der Waals surface area contributed by atoms with Crippen LogP contribution in [0.4, 0.5) is 27.6 Å². The van der Waals surface area contributed by atoms with Crippen LogP contribution in [0.3, 0.4) is 0 Å². The summed E-state index contributed by atoms with van der Waals surface area (Å²) in [7, 11) is -4.39. The number of halogens is 5. The van der Waals surface area contributed by atoms with Gasteiger partial charge in [0.15, 0.2) is 0 Å². The van der Waals surface area contributed by atoms with Gasteiger partial charge in [0.1, 0.15) is 5.75 Å². The third-order valence-electron chi connectivity index (χ3n) is 4.98. The molecule has 1 N–H and O–H groups in total. The quantitative estimate of drug-likeness (QED) is 0.627. The second kappa shape index (κ2) is 9.41. The summed E-state index contributed by atoms with van der Waals surface area (Å²) in [6.45, 7) is -3.21. The molecule has 1 fully saturated rings. The summed E-state index contributed by atoms with van der Waals surface area (Å²) >= 11 is 0. The number of hydrogen-bond donors (Lipinski definition) is 1. The lowest BCUT2D eigenvalue weighted by atomic mass is 9.97. The minimum atomic E-state index is -4.82. The largest absolute Gasteiger partial charge is 0.435 e. The summed E-state index contributed by atoms with van der Waals surface area (Å²) < 4.78 is 94.8. The number of ether oxygens (including phenoxy) is 1. The number of piperidine rings is 1. The van der Waals surface area contributed by atoms with Gasteiger partial charge in [-0.15, -0.1) is 0 Å². The molecule has 0 unspecified atom stereocenters. The molecule has 0 spiro atoms. The second-order valence-electron chi connectivity index (χ2n) is 7.06. The minimum absolute atomic E-state index is 0.0735. The first-order valence-electron chi connectivity index (χ1n) is 9.50. The van der Waals surface area contributed by atoms with Crippen LogP contribution in [0.2, 0.25) is 0 Å². The molecule has 0 atom stereocenters. The van der Waals surface area contributed by atoms with Crippen molar-refractivity contribution >= 4 is 21.6 Å². The number of nitrogens with one attached hydrogen (secondary N) is 1. The van der Waals surface area contributed by atoms with Gasteiger partial charge in [-0.2, -0.15) is 26.3 Å². The second-order valence-corrected chi connectivity index (χ2v) is 8.97. The summed E-state index contributed by atoms with van der Waals surface area (Å²) in [4.78, 5) is 11.6. The molecule has 2 aromatic carbocycles. The first-order valence-corrected chi connectivity index (χ1v) is 10.9. The van der Waals surface area contributed by atoms with E-state index in [0.29, 0.717) is 11.8 Å². The standard InChI is InChI=1S/C20H19F5N2O4S/c21-19(22)31-15-7-5-14(6-8-15)26-18(28)13-9-11-27(12-10-13)32(29,30)17-4-2-1-3-16(17)20(23,24)25/h1-8,13,19H,9-12H2,(H,26,28). The van der Waals surface area contributed by atoms with E-state index in [1.165, 1.54) is 30.3 Å². The molecule has 1 amide bonds. The van der Waals surface area contributed by atoms with E-state index in [2.05, 4.69) is 10.1 Å². The molecule has 0 aliphatic carbocycles. The first-order chi connectivity index (χ1) is 15.0. The zero-order chi connectivity index (χ0) is 23.5. The van der Waals surface area contributed by atoms with Crippen LogP contribution in [0.25, 0.3) is 0 Å². The number of benzene rings is 2. The van der Waals surface area contributed by atoms with Crippen molar-refractivity contribution in [2.45, 2.75) is 30.5 Å². The summed E-state index contributed by atoms with van der Waals surface area (Å²) in [6.07, 6.45) is -4.59. The number of amides is 1. The van der Waals surface area contributed by atoms with Crippen molar-refractivity contribution in [3.63, 3.8) is 0 Å². The summed E-state index contributed by atoms with van der Waals surface area (Å²) in [5, 5.41) is 2.61. The third kappa shape index (κ3) is 5.54. The van der Waals surface area contributed by atoms with E-state index in [9.17, 15) is 35.2 Å². The lowest BCUT2D eigenvalue weighted by molar-refractivity contribution is -0.139. The molecule has 6 nitrogen and oxygen atoms in total. The van der Waals surface area contributed by atoms with Crippen LogP contribution in [-0.2, 0) is 21.0 Å². The van der Waals surface area contributed by atoms with Gasteiger partial charge < -0.3 is 10.1 Å². The van der Waals surface area contributed by atoms with Crippen molar-refractivity contribution in [3.8, 4) is 5.75 Å². The Morgan fingerprint density at radius 1 is 1.03 bits per heavy atom. The van der Waals surface area contributed by atoms with Gasteiger partial charge in [-0.3, -0.25) is 4.79 Å². The molecule has 12 heteroatoms. The van der Waals surface area contributed by atoms with Gasteiger partial charge in [0, 0.05) is 24.7 Å². The summed E-state index contributed by atoms with van der Waals surface area (Å²) in [5.74, 6) is -1.03. The number of nitrogens with zero attached hydrogens (tertiary/aromatic N) is 1. The smallest absolute Gasteiger partial charge is 0.417 e. The van der Waals surface area contributed by atoms with E-state index >= 15 is 0 Å². The van der Waals surface area contributed by atoms with Crippen molar-refractivity contribution in [1.29, 1.82) is 0 Å². The molecule has 2 aromatic rings. The lowest BCUT2D eigenvalue weighted by Gasteiger charge is -2.31. The average molecular weight is 478 g/mol. The number of hydrogen-bond acceptors (Lipinski definition) is 4. The highest BCUT2D eigenvalue weighted by Crippen LogP contribution is 2.36. The molecule has 0 bridgehead atoms. The summed E-state index contributed by atoms with van der Waals surface area (Å²) in [5.41, 5.74) is -0.898. The molecular weight excluding hydrogens is 459 g/mol. The van der Waals surface area contributed by atoms with Gasteiger partial charge in [-0.25, -0.2) is 8.42 Å². The minimum Gasteiger partial charge on any atom is -0.435 e. The predicted molar refractivity (Wildman–Crippen MR) is 105 cm³/mol. The van der Waals surface area contributed by atoms with E-state index in [1.54, 1.807) is 0 Å². The Morgan fingerprint density at radius 3 is 2.19 bits per heavy atom. The maximum Gasteiger partial charge on any atom is 0.417 e. The zero-order valence-electron chi connectivity index (χ0n) is 16.5. The highest BCUT2D eigenvalue weighted by Gasteiger charge is 2.40. The fraction of sp³-hybridized carbons (Fsp3) is 0.350. The van der Waals surface area contributed by atoms with Crippen LogP contribution < -0.4 is 10.1 Å². The van der Waals surface area contributed by atoms with Crippen LogP contribution in [0.1, 0.15) is 18.4 Å². The average Bonchev–Trinajstić information content (AvgIpc) is 2.74. The topological polar surface area (TPSA) is 75.7 Å². The number of carbonyl (C=O) groups is 1. The Morgan fingerprint density at radius 2 is 1.62 bits per heavy atom. The molecule has 1 aliphatic rings. The highest BCUT2D eigenvalue weighted by molar-refractivity contribution is 7.89. The number of alkyl halides is 5. The molecule has 1 heterocycles. The number of anilines is 1. The lowest BCUT2D eigenvalue weighted by Crippen LogP contribution is -2.41. The van der Waals surface area contributed by atoms with E-state index in [4.69, 9.17) is 0 Å². The Labute approximate surface area is 181 Å². The molecule has 3 rings (SSSR count). The van der Waals surface area contributed by atoms with Crippen LogP contribution in [-0.4, -0.2) is 38.3 Å². The van der Waals surface area contributed by atoms with Gasteiger partial charge in [0.2, 0.25) is 15.9 Å². The number of carbonyl (C=O) groups excluding carboxylic acids is 1. The molecule has 32 heavy (non-hydrogen) atoms. The third-order valence-corrected chi connectivity index (χ3v) is 6.94. The van der Waals surface area contributed by atoms with E-state index in [-0.39, 0.29) is 31.7 Å². The first kappa shape index (κ1) is 23.9. The van der Waals surface area contributed by atoms with Crippen LogP contribution in [0.15, 0.2) is 53.4 Å². The maximum absolute atomic E-state index is 13.2. The Kier molecular flexibility index (Phi) is 7.03. The molecule has 174 valence electrons. The maximum atomic E-state index is 13.2. The van der Waals surface area contributed by atoms with Gasteiger partial charge in [-0.1, -0.05) is 12.1 Å². The van der Waals surface area contributed by atoms with Gasteiger partial charge in [-0.05, 0) is 49.2 Å². The SMILES string of the molecule is O=C(Nc1ccc(OC(F)F)cc1)C1CCN(S(=O)(=O)c2ccccc2C(F)(F)F)CC1. The van der Waals surface area contributed by atoms with Crippen LogP contribution >= 0.6 is 0 Å². The molecule has 0 aromatic heterocycles. The predicted octanol–water partition coefficient (Wildman–Crippen LogP) is 4.35. The molecule has 1 aliphatic heterocycles. The number of sulfonamides is 1. The Bertz CT molecular complexity index is 1050. The van der Waals surface area contributed by atoms with Gasteiger partial charge >= 0.3 is 12.8 Å². The summed E-state index contributed by atoms with van der Waals surface area (Å²) in [6, 6.07) is 9.24. The van der Waals surface area contributed by atoms with Crippen LogP contribution in [0, 0.1) is 5.92 Å². The van der Waals surface area contributed by atoms with Crippen molar-refractivity contribution in [1.82, 2.24) is 4.31 Å². The number of rotatable bonds is 6. The Hall–Kier alpha value is -2.73. The van der Waals surface area contributed by atoms with Crippen LogP contribution in [0.5, 0.6) is 5.75 Å². The molecular formula is C20H19F5N2O4S. The molecule has 0 radical (unpaired) electrons. The normalized spacial score (nSPS) is 16.2. The molecule has 0 saturated carbocycles. The highest BCUT2D eigenvalue weighted by atomic mass is 32.2. The Balaban J connectivity index is 1.63. The van der Waals surface area contributed by atoms with Crippen molar-refractivity contribution in [2.24, 2.45) is 5.92 Å². The van der Waals surface area contributed by atoms with Crippen molar-refractivity contribution in [3.05, 3.63) is 54.1 Å². The van der Waals surface area contributed by atoms with E-state index in [1.807, 2.05) is 0 Å².